The summed E-state index contributed by atoms with van der Waals surface area (Å²) in [5.74, 6) is 0.365. The Morgan fingerprint density at radius 3 is 2.60 bits per heavy atom. The first-order chi connectivity index (χ1) is 9.84. The summed E-state index contributed by atoms with van der Waals surface area (Å²) >= 11 is 0. The fourth-order valence-electron chi connectivity index (χ4n) is 2.82. The summed E-state index contributed by atoms with van der Waals surface area (Å²) in [6.07, 6.45) is 5.65. The molecule has 3 rings (SSSR count). The van der Waals surface area contributed by atoms with Crippen LogP contribution in [-0.2, 0) is 0 Å². The summed E-state index contributed by atoms with van der Waals surface area (Å²) in [4.78, 5) is 18.9. The summed E-state index contributed by atoms with van der Waals surface area (Å²) in [5.41, 5.74) is 1.99. The Bertz CT molecular complexity index is 568. The normalized spacial score (nSPS) is 18.8. The van der Waals surface area contributed by atoms with Crippen molar-refractivity contribution in [1.29, 1.82) is 0 Å². The zero-order valence-electron chi connectivity index (χ0n) is 11.4. The number of hydrogen-bond acceptors (Lipinski definition) is 3. The van der Waals surface area contributed by atoms with Crippen LogP contribution in [0.4, 0.5) is 5.69 Å². The highest BCUT2D eigenvalue weighted by atomic mass is 16.1. The summed E-state index contributed by atoms with van der Waals surface area (Å²) in [6, 6.07) is 13.6. The maximum atomic E-state index is 12.5. The number of carbonyl (C=O) groups excluding carboxylic acids is 1. The van der Waals surface area contributed by atoms with Crippen LogP contribution >= 0.6 is 0 Å². The number of pyridine rings is 1. The molecule has 2 aromatic rings. The fourth-order valence-corrected chi connectivity index (χ4v) is 2.82. The number of hydrogen-bond donors (Lipinski definition) is 0. The second-order valence-electron chi connectivity index (χ2n) is 5.22. The fraction of sp³-hybridized carbons (Fsp3) is 0.294. The van der Waals surface area contributed by atoms with Gasteiger partial charge in [-0.15, -0.1) is 0 Å². The quantitative estimate of drug-likeness (QED) is 0.800. The highest BCUT2D eigenvalue weighted by Gasteiger charge is 2.26. The number of rotatable bonds is 3. The van der Waals surface area contributed by atoms with Gasteiger partial charge in [0.15, 0.2) is 5.78 Å². The molecular weight excluding hydrogens is 248 g/mol. The van der Waals surface area contributed by atoms with Crippen molar-refractivity contribution in [2.24, 2.45) is 5.92 Å². The van der Waals surface area contributed by atoms with Crippen molar-refractivity contribution < 1.29 is 4.79 Å². The number of Topliss-reactive ketones (excluding diaryl/α,β-unsaturated/α-hetero) is 1. The summed E-state index contributed by atoms with van der Waals surface area (Å²) in [7, 11) is 0. The minimum atomic E-state index is 0.0966. The lowest BCUT2D eigenvalue weighted by Gasteiger charge is -2.33. The topological polar surface area (TPSA) is 33.2 Å². The van der Waals surface area contributed by atoms with E-state index in [0.717, 1.165) is 37.2 Å². The Morgan fingerprint density at radius 1 is 1.10 bits per heavy atom. The predicted molar refractivity (Wildman–Crippen MR) is 79.9 cm³/mol. The molecule has 1 aliphatic rings. The molecule has 1 aromatic carbocycles. The van der Waals surface area contributed by atoms with E-state index in [1.54, 1.807) is 12.4 Å². The summed E-state index contributed by atoms with van der Waals surface area (Å²) in [5, 5.41) is 0. The number of ketones is 1. The number of nitrogens with zero attached hydrogens (tertiary/aromatic N) is 2. The van der Waals surface area contributed by atoms with Gasteiger partial charge in [-0.05, 0) is 25.0 Å². The van der Waals surface area contributed by atoms with E-state index in [2.05, 4.69) is 9.88 Å². The standard InChI is InChI=1S/C17H18N2O/c20-17(14-5-2-1-3-6-14)15-7-4-12-19(13-15)16-8-10-18-11-9-16/h1-3,5-6,8-11,15H,4,7,12-13H2. The van der Waals surface area contributed by atoms with Crippen LogP contribution in [0, 0.1) is 5.92 Å². The molecule has 20 heavy (non-hydrogen) atoms. The first kappa shape index (κ1) is 12.9. The molecule has 0 aliphatic carbocycles. The average molecular weight is 266 g/mol. The van der Waals surface area contributed by atoms with E-state index in [1.807, 2.05) is 42.5 Å². The Balaban J connectivity index is 1.74. The molecule has 2 heterocycles. The average Bonchev–Trinajstić information content (AvgIpc) is 2.56. The van der Waals surface area contributed by atoms with Gasteiger partial charge in [-0.1, -0.05) is 30.3 Å². The molecule has 0 N–H and O–H groups in total. The molecular formula is C17H18N2O. The molecule has 1 aliphatic heterocycles. The lowest BCUT2D eigenvalue weighted by Crippen LogP contribution is -2.38. The first-order valence-electron chi connectivity index (χ1n) is 7.09. The van der Waals surface area contributed by atoms with Gasteiger partial charge in [-0.2, -0.15) is 0 Å². The SMILES string of the molecule is O=C(c1ccccc1)C1CCCN(c2ccncc2)C1. The number of piperidine rings is 1. The van der Waals surface area contributed by atoms with Gasteiger partial charge < -0.3 is 4.90 Å². The van der Waals surface area contributed by atoms with Crippen LogP contribution in [0.25, 0.3) is 0 Å². The molecule has 1 aromatic heterocycles. The molecule has 0 bridgehead atoms. The minimum absolute atomic E-state index is 0.0966. The van der Waals surface area contributed by atoms with E-state index in [-0.39, 0.29) is 11.7 Å². The van der Waals surface area contributed by atoms with Gasteiger partial charge in [0.05, 0.1) is 0 Å². The lowest BCUT2D eigenvalue weighted by molar-refractivity contribution is 0.0907. The third-order valence-electron chi connectivity index (χ3n) is 3.88. The van der Waals surface area contributed by atoms with Crippen molar-refractivity contribution in [3.63, 3.8) is 0 Å². The summed E-state index contributed by atoms with van der Waals surface area (Å²) < 4.78 is 0. The van der Waals surface area contributed by atoms with Gasteiger partial charge in [0, 0.05) is 42.7 Å². The van der Waals surface area contributed by atoms with Crippen molar-refractivity contribution in [2.45, 2.75) is 12.8 Å². The molecule has 102 valence electrons. The third kappa shape index (κ3) is 2.72. The van der Waals surface area contributed by atoms with Gasteiger partial charge in [0.2, 0.25) is 0 Å². The first-order valence-corrected chi connectivity index (χ1v) is 7.09. The van der Waals surface area contributed by atoms with Crippen LogP contribution in [-0.4, -0.2) is 23.9 Å². The molecule has 0 saturated carbocycles. The predicted octanol–water partition coefficient (Wildman–Crippen LogP) is 3.18. The molecule has 1 atom stereocenters. The second kappa shape index (κ2) is 5.87. The van der Waals surface area contributed by atoms with Crippen LogP contribution in [0.2, 0.25) is 0 Å². The number of benzene rings is 1. The van der Waals surface area contributed by atoms with Crippen molar-refractivity contribution in [2.75, 3.05) is 18.0 Å². The minimum Gasteiger partial charge on any atom is -0.371 e. The van der Waals surface area contributed by atoms with Gasteiger partial charge >= 0.3 is 0 Å². The molecule has 0 radical (unpaired) electrons. The number of aromatic nitrogens is 1. The molecule has 1 fully saturated rings. The van der Waals surface area contributed by atoms with Crippen LogP contribution in [0.15, 0.2) is 54.9 Å². The monoisotopic (exact) mass is 266 g/mol. The van der Waals surface area contributed by atoms with E-state index >= 15 is 0 Å². The largest absolute Gasteiger partial charge is 0.371 e. The highest BCUT2D eigenvalue weighted by Crippen LogP contribution is 2.25. The van der Waals surface area contributed by atoms with Crippen molar-refractivity contribution in [3.8, 4) is 0 Å². The molecule has 0 amide bonds. The lowest BCUT2D eigenvalue weighted by atomic mass is 9.90. The van der Waals surface area contributed by atoms with Crippen molar-refractivity contribution in [1.82, 2.24) is 4.98 Å². The Labute approximate surface area is 119 Å². The van der Waals surface area contributed by atoms with Crippen LogP contribution in [0.1, 0.15) is 23.2 Å². The van der Waals surface area contributed by atoms with E-state index in [1.165, 1.54) is 0 Å². The van der Waals surface area contributed by atoms with E-state index in [9.17, 15) is 4.79 Å². The van der Waals surface area contributed by atoms with E-state index in [0.29, 0.717) is 0 Å². The maximum absolute atomic E-state index is 12.5. The van der Waals surface area contributed by atoms with Gasteiger partial charge in [-0.3, -0.25) is 9.78 Å². The van der Waals surface area contributed by atoms with Crippen molar-refractivity contribution >= 4 is 11.5 Å². The van der Waals surface area contributed by atoms with Crippen LogP contribution in [0.3, 0.4) is 0 Å². The number of carbonyl (C=O) groups is 1. The van der Waals surface area contributed by atoms with Gasteiger partial charge in [0.1, 0.15) is 0 Å². The molecule has 3 nitrogen and oxygen atoms in total. The maximum Gasteiger partial charge on any atom is 0.167 e. The van der Waals surface area contributed by atoms with Crippen LogP contribution < -0.4 is 4.90 Å². The molecule has 1 saturated heterocycles. The van der Waals surface area contributed by atoms with Crippen molar-refractivity contribution in [3.05, 3.63) is 60.4 Å². The van der Waals surface area contributed by atoms with Gasteiger partial charge in [-0.25, -0.2) is 0 Å². The molecule has 0 spiro atoms. The second-order valence-corrected chi connectivity index (χ2v) is 5.22. The van der Waals surface area contributed by atoms with E-state index < -0.39 is 0 Å². The Hall–Kier alpha value is -2.16. The smallest absolute Gasteiger partial charge is 0.167 e. The number of anilines is 1. The van der Waals surface area contributed by atoms with E-state index in [4.69, 9.17) is 0 Å². The zero-order chi connectivity index (χ0) is 13.8. The molecule has 3 heteroatoms. The summed E-state index contributed by atoms with van der Waals surface area (Å²) in [6.45, 7) is 1.82. The van der Waals surface area contributed by atoms with Gasteiger partial charge in [0.25, 0.3) is 0 Å². The third-order valence-corrected chi connectivity index (χ3v) is 3.88. The highest BCUT2D eigenvalue weighted by molar-refractivity contribution is 5.98. The zero-order valence-corrected chi connectivity index (χ0v) is 11.4. The Morgan fingerprint density at radius 2 is 1.85 bits per heavy atom. The Kier molecular flexibility index (Phi) is 3.77. The van der Waals surface area contributed by atoms with Crippen LogP contribution in [0.5, 0.6) is 0 Å². The molecule has 1 unspecified atom stereocenters.